The maximum absolute atomic E-state index is 9.60. The van der Waals surface area contributed by atoms with E-state index in [1.54, 1.807) is 0 Å². The first-order valence-corrected chi connectivity index (χ1v) is 10.2. The van der Waals surface area contributed by atoms with Crippen molar-refractivity contribution in [2.75, 3.05) is 52.4 Å². The summed E-state index contributed by atoms with van der Waals surface area (Å²) in [4.78, 5) is 9.58. The van der Waals surface area contributed by atoms with E-state index >= 15 is 0 Å². The van der Waals surface area contributed by atoms with Crippen LogP contribution in [0.25, 0.3) is 0 Å². The van der Waals surface area contributed by atoms with Crippen molar-refractivity contribution in [2.24, 2.45) is 12.0 Å². The van der Waals surface area contributed by atoms with Crippen molar-refractivity contribution in [3.63, 3.8) is 0 Å². The number of nitrogens with one attached hydrogen (secondary N) is 1. The first-order valence-electron chi connectivity index (χ1n) is 10.2. The number of aryl methyl sites for hydroxylation is 1. The summed E-state index contributed by atoms with van der Waals surface area (Å²) in [7, 11) is 1.93. The molecular weight excluding hydrogens is 344 g/mol. The second-order valence-electron chi connectivity index (χ2n) is 7.41. The molecule has 1 unspecified atom stereocenters. The van der Waals surface area contributed by atoms with Crippen molar-refractivity contribution in [1.82, 2.24) is 24.9 Å². The van der Waals surface area contributed by atoms with Crippen LogP contribution in [0.15, 0.2) is 17.4 Å². The lowest BCUT2D eigenvalue weighted by atomic mass is 10.1. The molecule has 0 bridgehead atoms. The number of likely N-dealkylation sites (tertiary alicyclic amines) is 1. The van der Waals surface area contributed by atoms with E-state index in [2.05, 4.69) is 27.1 Å². The molecular formula is C19H34N6O2. The number of hydrogen-bond donors (Lipinski definition) is 2. The number of ether oxygens (including phenoxy) is 1. The third-order valence-electron chi connectivity index (χ3n) is 5.25. The summed E-state index contributed by atoms with van der Waals surface area (Å²) >= 11 is 0. The Bertz CT molecular complexity index is 597. The van der Waals surface area contributed by atoms with E-state index in [0.29, 0.717) is 6.61 Å². The minimum absolute atomic E-state index is 0.0380. The zero-order valence-electron chi connectivity index (χ0n) is 16.7. The van der Waals surface area contributed by atoms with Crippen molar-refractivity contribution < 1.29 is 9.84 Å². The van der Waals surface area contributed by atoms with E-state index in [-0.39, 0.29) is 12.2 Å². The highest BCUT2D eigenvalue weighted by atomic mass is 16.5. The van der Waals surface area contributed by atoms with Gasteiger partial charge in [-0.3, -0.25) is 9.67 Å². The van der Waals surface area contributed by atoms with Crippen LogP contribution in [0.1, 0.15) is 37.9 Å². The number of nitrogens with zero attached hydrogens (tertiary/aromatic N) is 5. The van der Waals surface area contributed by atoms with Crippen molar-refractivity contribution in [3.8, 4) is 0 Å². The molecule has 2 aliphatic rings. The summed E-state index contributed by atoms with van der Waals surface area (Å²) in [6.45, 7) is 9.18. The molecule has 27 heavy (non-hydrogen) atoms. The number of guanidine groups is 1. The standard InChI is InChI=1S/C19H34N6O2/c1-3-20-19(21-7-4-8-24-9-5-17(26)6-10-24)25-11-12-27-18(15-25)16-13-22-23(2)14-16/h13-14,17-18,26H,3-12,15H2,1-2H3,(H,20,21). The minimum Gasteiger partial charge on any atom is -0.393 e. The highest BCUT2D eigenvalue weighted by Gasteiger charge is 2.25. The fraction of sp³-hybridized carbons (Fsp3) is 0.789. The van der Waals surface area contributed by atoms with Crippen LogP contribution in [-0.2, 0) is 11.8 Å². The number of piperidine rings is 1. The van der Waals surface area contributed by atoms with Crippen LogP contribution in [0, 0.1) is 0 Å². The molecule has 3 rings (SSSR count). The highest BCUT2D eigenvalue weighted by molar-refractivity contribution is 5.80. The Hall–Kier alpha value is -1.64. The molecule has 0 spiro atoms. The van der Waals surface area contributed by atoms with Gasteiger partial charge in [0.15, 0.2) is 5.96 Å². The fourth-order valence-electron chi connectivity index (χ4n) is 3.70. The number of aromatic nitrogens is 2. The van der Waals surface area contributed by atoms with Crippen molar-refractivity contribution >= 4 is 5.96 Å². The van der Waals surface area contributed by atoms with Crippen LogP contribution in [0.4, 0.5) is 0 Å². The molecule has 1 atom stereocenters. The maximum atomic E-state index is 9.60. The normalized spacial score (nSPS) is 23.0. The third-order valence-corrected chi connectivity index (χ3v) is 5.25. The average Bonchev–Trinajstić information content (AvgIpc) is 3.12. The molecule has 0 radical (unpaired) electrons. The Morgan fingerprint density at radius 1 is 1.37 bits per heavy atom. The molecule has 0 amide bonds. The Balaban J connectivity index is 1.50. The minimum atomic E-state index is -0.103. The molecule has 152 valence electrons. The monoisotopic (exact) mass is 378 g/mol. The van der Waals surface area contributed by atoms with E-state index in [1.165, 1.54) is 0 Å². The molecule has 2 saturated heterocycles. The molecule has 2 N–H and O–H groups in total. The molecule has 2 fully saturated rings. The average molecular weight is 379 g/mol. The fourth-order valence-corrected chi connectivity index (χ4v) is 3.70. The van der Waals surface area contributed by atoms with Gasteiger partial charge in [0.25, 0.3) is 0 Å². The number of aliphatic hydroxyl groups is 1. The first-order chi connectivity index (χ1) is 13.2. The topological polar surface area (TPSA) is 78.2 Å². The van der Waals surface area contributed by atoms with E-state index in [4.69, 9.17) is 9.73 Å². The molecule has 0 aromatic carbocycles. The molecule has 2 aliphatic heterocycles. The molecule has 8 nitrogen and oxygen atoms in total. The number of morpholine rings is 1. The first kappa shape index (κ1) is 20.1. The lowest BCUT2D eigenvalue weighted by Gasteiger charge is -2.35. The van der Waals surface area contributed by atoms with E-state index < -0.39 is 0 Å². The van der Waals surface area contributed by atoms with Gasteiger partial charge >= 0.3 is 0 Å². The Morgan fingerprint density at radius 3 is 2.89 bits per heavy atom. The van der Waals surface area contributed by atoms with Gasteiger partial charge in [-0.1, -0.05) is 0 Å². The Morgan fingerprint density at radius 2 is 2.19 bits per heavy atom. The molecule has 1 aromatic rings. The molecule has 3 heterocycles. The van der Waals surface area contributed by atoms with Gasteiger partial charge in [-0.15, -0.1) is 0 Å². The van der Waals surface area contributed by atoms with E-state index in [0.717, 1.165) is 76.6 Å². The van der Waals surface area contributed by atoms with Crippen LogP contribution in [0.5, 0.6) is 0 Å². The predicted molar refractivity (Wildman–Crippen MR) is 106 cm³/mol. The van der Waals surface area contributed by atoms with Crippen LogP contribution < -0.4 is 5.32 Å². The zero-order valence-corrected chi connectivity index (χ0v) is 16.7. The highest BCUT2D eigenvalue weighted by Crippen LogP contribution is 2.21. The van der Waals surface area contributed by atoms with Gasteiger partial charge in [-0.25, -0.2) is 0 Å². The van der Waals surface area contributed by atoms with Gasteiger partial charge in [0.1, 0.15) is 6.10 Å². The van der Waals surface area contributed by atoms with Gasteiger partial charge in [0.05, 0.1) is 25.5 Å². The third kappa shape index (κ3) is 5.92. The molecule has 8 heteroatoms. The van der Waals surface area contributed by atoms with Gasteiger partial charge in [-0.05, 0) is 32.7 Å². The SMILES string of the molecule is CCNC(=NCCCN1CCC(O)CC1)N1CCOC(c2cnn(C)c2)C1. The van der Waals surface area contributed by atoms with E-state index in [1.807, 2.05) is 24.1 Å². The van der Waals surface area contributed by atoms with E-state index in [9.17, 15) is 5.11 Å². The lowest BCUT2D eigenvalue weighted by Crippen LogP contribution is -2.48. The smallest absolute Gasteiger partial charge is 0.194 e. The van der Waals surface area contributed by atoms with Crippen LogP contribution in [-0.4, -0.2) is 89.2 Å². The summed E-state index contributed by atoms with van der Waals surface area (Å²) in [5.74, 6) is 0.976. The molecule has 0 aliphatic carbocycles. The Labute approximate surface area is 162 Å². The quantitative estimate of drug-likeness (QED) is 0.429. The second kappa shape index (κ2) is 10.1. The Kier molecular flexibility index (Phi) is 7.49. The number of aliphatic imine (C=N–C) groups is 1. The van der Waals surface area contributed by atoms with Crippen molar-refractivity contribution in [3.05, 3.63) is 18.0 Å². The number of rotatable bonds is 6. The predicted octanol–water partition coefficient (Wildman–Crippen LogP) is 0.606. The summed E-state index contributed by atoms with van der Waals surface area (Å²) in [5.41, 5.74) is 1.12. The second-order valence-corrected chi connectivity index (χ2v) is 7.41. The summed E-state index contributed by atoms with van der Waals surface area (Å²) in [6.07, 6.45) is 6.68. The lowest BCUT2D eigenvalue weighted by molar-refractivity contribution is -0.00804. The van der Waals surface area contributed by atoms with Crippen LogP contribution in [0.3, 0.4) is 0 Å². The van der Waals surface area contributed by atoms with Crippen molar-refractivity contribution in [1.29, 1.82) is 0 Å². The summed E-state index contributed by atoms with van der Waals surface area (Å²) in [5, 5.41) is 17.3. The van der Waals surface area contributed by atoms with Gasteiger partial charge in [-0.2, -0.15) is 5.10 Å². The van der Waals surface area contributed by atoms with Gasteiger partial charge in [0, 0.05) is 51.5 Å². The van der Waals surface area contributed by atoms with Gasteiger partial charge in [0.2, 0.25) is 0 Å². The molecule has 1 aromatic heterocycles. The maximum Gasteiger partial charge on any atom is 0.194 e. The van der Waals surface area contributed by atoms with Crippen molar-refractivity contribution in [2.45, 2.75) is 38.4 Å². The summed E-state index contributed by atoms with van der Waals surface area (Å²) in [6, 6.07) is 0. The zero-order chi connectivity index (χ0) is 19.1. The summed E-state index contributed by atoms with van der Waals surface area (Å²) < 4.78 is 7.76. The van der Waals surface area contributed by atoms with Crippen LogP contribution >= 0.6 is 0 Å². The van der Waals surface area contributed by atoms with Crippen LogP contribution in [0.2, 0.25) is 0 Å². The van der Waals surface area contributed by atoms with Gasteiger partial charge < -0.3 is 25.0 Å². The number of aliphatic hydroxyl groups excluding tert-OH is 1. The number of hydrogen-bond acceptors (Lipinski definition) is 5. The largest absolute Gasteiger partial charge is 0.393 e. The molecule has 0 saturated carbocycles.